The first-order valence-corrected chi connectivity index (χ1v) is 10.8. The molecule has 27 heavy (non-hydrogen) atoms. The fourth-order valence-corrected chi connectivity index (χ4v) is 3.37. The number of morpholine rings is 1. The van der Waals surface area contributed by atoms with E-state index in [0.29, 0.717) is 45.3 Å². The van der Waals surface area contributed by atoms with Gasteiger partial charge in [0.1, 0.15) is 5.82 Å². The lowest BCUT2D eigenvalue weighted by Crippen LogP contribution is -2.51. The predicted molar refractivity (Wildman–Crippen MR) is 101 cm³/mol. The fourth-order valence-electron chi connectivity index (χ4n) is 3.02. The zero-order chi connectivity index (χ0) is 19.4. The topological polar surface area (TPSA) is 99.2 Å². The van der Waals surface area contributed by atoms with E-state index in [1.54, 1.807) is 11.1 Å². The molecule has 0 N–H and O–H groups in total. The number of likely N-dealkylation sites (N-methyl/N-ethyl adjacent to an activating group) is 1. The molecule has 0 bridgehead atoms. The summed E-state index contributed by atoms with van der Waals surface area (Å²) in [7, 11) is -1.95. The molecule has 2 aliphatic heterocycles. The van der Waals surface area contributed by atoms with E-state index in [2.05, 4.69) is 19.8 Å². The Morgan fingerprint density at radius 3 is 2.44 bits per heavy atom. The lowest BCUT2D eigenvalue weighted by molar-refractivity contribution is -0.131. The van der Waals surface area contributed by atoms with Crippen LogP contribution < -0.4 is 9.80 Å². The smallest absolute Gasteiger partial charge is 0.238 e. The van der Waals surface area contributed by atoms with Gasteiger partial charge in [-0.3, -0.25) is 4.79 Å². The van der Waals surface area contributed by atoms with Crippen molar-refractivity contribution in [1.29, 1.82) is 0 Å². The van der Waals surface area contributed by atoms with Crippen LogP contribution in [0.3, 0.4) is 0 Å². The number of nitrogens with zero attached hydrogens (tertiary/aromatic N) is 6. The van der Waals surface area contributed by atoms with Crippen molar-refractivity contribution < 1.29 is 17.9 Å². The Balaban J connectivity index is 1.57. The van der Waals surface area contributed by atoms with Crippen LogP contribution in [-0.4, -0.2) is 106 Å². The molecule has 0 spiro atoms. The highest BCUT2D eigenvalue weighted by Gasteiger charge is 2.25. The van der Waals surface area contributed by atoms with Crippen molar-refractivity contribution in [2.24, 2.45) is 0 Å². The molecule has 1 amide bonds. The third-order valence-electron chi connectivity index (χ3n) is 4.80. The number of amides is 1. The number of aromatic nitrogens is 2. The number of anilines is 2. The summed E-state index contributed by atoms with van der Waals surface area (Å²) in [5, 5.41) is 0. The minimum absolute atomic E-state index is 0.131. The summed E-state index contributed by atoms with van der Waals surface area (Å²) in [6.07, 6.45) is 2.85. The number of rotatable bonds is 5. The molecular formula is C16H26N6O4S. The van der Waals surface area contributed by atoms with Crippen LogP contribution >= 0.6 is 0 Å². The van der Waals surface area contributed by atoms with Gasteiger partial charge in [-0.2, -0.15) is 9.29 Å². The summed E-state index contributed by atoms with van der Waals surface area (Å²) in [4.78, 5) is 27.3. The molecule has 2 saturated heterocycles. The van der Waals surface area contributed by atoms with Crippen molar-refractivity contribution in [2.75, 3.05) is 82.1 Å². The molecule has 1 aromatic rings. The highest BCUT2D eigenvalue weighted by molar-refractivity contribution is 7.88. The maximum atomic E-state index is 12.3. The monoisotopic (exact) mass is 398 g/mol. The summed E-state index contributed by atoms with van der Waals surface area (Å²) >= 11 is 0. The molecule has 150 valence electrons. The molecule has 11 heteroatoms. The molecule has 3 rings (SSSR count). The number of hydrogen-bond acceptors (Lipinski definition) is 8. The first-order chi connectivity index (χ1) is 12.8. The molecule has 0 aliphatic carbocycles. The number of ether oxygens (including phenoxy) is 1. The van der Waals surface area contributed by atoms with Crippen LogP contribution in [0, 0.1) is 0 Å². The van der Waals surface area contributed by atoms with Crippen molar-refractivity contribution in [1.82, 2.24) is 19.2 Å². The molecular weight excluding hydrogens is 372 g/mol. The van der Waals surface area contributed by atoms with Crippen molar-refractivity contribution >= 4 is 27.7 Å². The Bertz CT molecular complexity index is 760. The summed E-state index contributed by atoms with van der Waals surface area (Å²) in [6, 6.07) is 1.87. The zero-order valence-electron chi connectivity index (χ0n) is 15.7. The highest BCUT2D eigenvalue weighted by atomic mass is 32.2. The second kappa shape index (κ2) is 8.36. The van der Waals surface area contributed by atoms with Crippen LogP contribution in [0.25, 0.3) is 0 Å². The Kier molecular flexibility index (Phi) is 6.12. The van der Waals surface area contributed by atoms with Crippen molar-refractivity contribution in [3.05, 3.63) is 12.3 Å². The van der Waals surface area contributed by atoms with Gasteiger partial charge in [0.15, 0.2) is 0 Å². The van der Waals surface area contributed by atoms with Gasteiger partial charge in [-0.1, -0.05) is 0 Å². The van der Waals surface area contributed by atoms with Gasteiger partial charge >= 0.3 is 0 Å². The quantitative estimate of drug-likeness (QED) is 0.613. The molecule has 3 heterocycles. The average molecular weight is 398 g/mol. The standard InChI is InChI=1S/C16H26N6O4S/c1-19(27(2,24)25)13-15(23)21-7-5-20(6-8-21)14-3-4-17-16(18-14)22-9-11-26-12-10-22/h3-4H,5-13H2,1-2H3. The van der Waals surface area contributed by atoms with E-state index in [0.717, 1.165) is 29.5 Å². The molecule has 1 aromatic heterocycles. The third-order valence-corrected chi connectivity index (χ3v) is 6.06. The molecule has 10 nitrogen and oxygen atoms in total. The summed E-state index contributed by atoms with van der Waals surface area (Å²) in [6.45, 7) is 5.14. The number of sulfonamides is 1. The number of carbonyl (C=O) groups is 1. The van der Waals surface area contributed by atoms with Crippen LogP contribution in [0.15, 0.2) is 12.3 Å². The van der Waals surface area contributed by atoms with Gasteiger partial charge in [-0.25, -0.2) is 13.4 Å². The highest BCUT2D eigenvalue weighted by Crippen LogP contribution is 2.17. The van der Waals surface area contributed by atoms with Gasteiger partial charge in [0.25, 0.3) is 0 Å². The Hall–Kier alpha value is -1.98. The van der Waals surface area contributed by atoms with E-state index in [4.69, 9.17) is 4.74 Å². The second-order valence-corrected chi connectivity index (χ2v) is 8.79. The second-order valence-electron chi connectivity index (χ2n) is 6.70. The normalized spacial score (nSPS) is 18.9. The van der Waals surface area contributed by atoms with Crippen molar-refractivity contribution in [3.63, 3.8) is 0 Å². The molecule has 0 unspecified atom stereocenters. The Morgan fingerprint density at radius 1 is 1.15 bits per heavy atom. The fraction of sp³-hybridized carbons (Fsp3) is 0.688. The maximum Gasteiger partial charge on any atom is 0.238 e. The van der Waals surface area contributed by atoms with Gasteiger partial charge in [0.05, 0.1) is 26.0 Å². The van der Waals surface area contributed by atoms with Crippen molar-refractivity contribution in [2.45, 2.75) is 0 Å². The van der Waals surface area contributed by atoms with Crippen LogP contribution in [-0.2, 0) is 19.6 Å². The van der Waals surface area contributed by atoms with Crippen LogP contribution in [0.2, 0.25) is 0 Å². The molecule has 2 aliphatic rings. The van der Waals surface area contributed by atoms with Gasteiger partial charge < -0.3 is 19.4 Å². The number of carbonyl (C=O) groups excluding carboxylic acids is 1. The van der Waals surface area contributed by atoms with Crippen molar-refractivity contribution in [3.8, 4) is 0 Å². The Morgan fingerprint density at radius 2 is 1.81 bits per heavy atom. The van der Waals surface area contributed by atoms with Gasteiger partial charge in [0, 0.05) is 52.5 Å². The minimum atomic E-state index is -3.36. The van der Waals surface area contributed by atoms with E-state index in [-0.39, 0.29) is 12.5 Å². The average Bonchev–Trinajstić information content (AvgIpc) is 2.68. The van der Waals surface area contributed by atoms with Crippen LogP contribution in [0.5, 0.6) is 0 Å². The molecule has 0 atom stereocenters. The summed E-state index contributed by atoms with van der Waals surface area (Å²) in [5.74, 6) is 1.36. The minimum Gasteiger partial charge on any atom is -0.378 e. The van der Waals surface area contributed by atoms with Gasteiger partial charge in [0.2, 0.25) is 21.9 Å². The molecule has 0 aromatic carbocycles. The first-order valence-electron chi connectivity index (χ1n) is 8.94. The maximum absolute atomic E-state index is 12.3. The van der Waals surface area contributed by atoms with E-state index in [9.17, 15) is 13.2 Å². The molecule has 2 fully saturated rings. The lowest BCUT2D eigenvalue weighted by atomic mass is 10.3. The zero-order valence-corrected chi connectivity index (χ0v) is 16.6. The largest absolute Gasteiger partial charge is 0.378 e. The van der Waals surface area contributed by atoms with E-state index >= 15 is 0 Å². The van der Waals surface area contributed by atoms with E-state index < -0.39 is 10.0 Å². The van der Waals surface area contributed by atoms with Gasteiger partial charge in [-0.05, 0) is 6.07 Å². The van der Waals surface area contributed by atoms with Crippen LogP contribution in [0.1, 0.15) is 0 Å². The molecule has 0 radical (unpaired) electrons. The van der Waals surface area contributed by atoms with Crippen LogP contribution in [0.4, 0.5) is 11.8 Å². The third kappa shape index (κ3) is 5.05. The summed E-state index contributed by atoms with van der Waals surface area (Å²) < 4.78 is 29.4. The SMILES string of the molecule is CN(CC(=O)N1CCN(c2ccnc(N3CCOCC3)n2)CC1)S(C)(=O)=O. The molecule has 0 saturated carbocycles. The number of piperazine rings is 1. The van der Waals surface area contributed by atoms with E-state index in [1.165, 1.54) is 7.05 Å². The van der Waals surface area contributed by atoms with Gasteiger partial charge in [-0.15, -0.1) is 0 Å². The predicted octanol–water partition coefficient (Wildman–Crippen LogP) is -1.15. The first kappa shape index (κ1) is 19.8. The summed E-state index contributed by atoms with van der Waals surface area (Å²) in [5.41, 5.74) is 0. The number of hydrogen-bond donors (Lipinski definition) is 0. The lowest BCUT2D eigenvalue weighted by Gasteiger charge is -2.36. The Labute approximate surface area is 159 Å². The van der Waals surface area contributed by atoms with E-state index in [1.807, 2.05) is 6.07 Å².